The molecule has 0 bridgehead atoms. The van der Waals surface area contributed by atoms with Crippen LogP contribution in [0.1, 0.15) is 21.5 Å². The van der Waals surface area contributed by atoms with Crippen LogP contribution in [0.3, 0.4) is 0 Å². The van der Waals surface area contributed by atoms with Gasteiger partial charge in [0.2, 0.25) is 0 Å². The molecule has 3 aromatic rings. The number of para-hydroxylation sites is 1. The Morgan fingerprint density at radius 3 is 2.29 bits per heavy atom. The molecule has 0 aliphatic rings. The van der Waals surface area contributed by atoms with Crippen molar-refractivity contribution in [1.82, 2.24) is 0 Å². The molecule has 0 fully saturated rings. The second kappa shape index (κ2) is 7.01. The maximum absolute atomic E-state index is 11.3. The molecule has 0 saturated carbocycles. The Kier molecular flexibility index (Phi) is 4.62. The van der Waals surface area contributed by atoms with Crippen molar-refractivity contribution in [3.05, 3.63) is 89.5 Å². The number of carbonyl (C=O) groups is 1. The van der Waals surface area contributed by atoms with E-state index < -0.39 is 5.97 Å². The van der Waals surface area contributed by atoms with Gasteiger partial charge in [-0.15, -0.1) is 0 Å². The van der Waals surface area contributed by atoms with Gasteiger partial charge in [0.15, 0.2) is 0 Å². The summed E-state index contributed by atoms with van der Waals surface area (Å²) < 4.78 is 0. The first kappa shape index (κ1) is 15.8. The summed E-state index contributed by atoms with van der Waals surface area (Å²) >= 11 is 0. The zero-order valence-electron chi connectivity index (χ0n) is 13.5. The average molecular weight is 317 g/mol. The van der Waals surface area contributed by atoms with E-state index in [0.29, 0.717) is 5.56 Å². The van der Waals surface area contributed by atoms with E-state index in [0.717, 1.165) is 28.9 Å². The molecule has 0 aromatic heterocycles. The zero-order chi connectivity index (χ0) is 16.9. The number of hydrogen-bond acceptors (Lipinski definition) is 2. The van der Waals surface area contributed by atoms with E-state index in [1.54, 1.807) is 12.1 Å². The van der Waals surface area contributed by atoms with Crippen molar-refractivity contribution < 1.29 is 9.90 Å². The molecule has 3 nitrogen and oxygen atoms in total. The van der Waals surface area contributed by atoms with Gasteiger partial charge in [-0.3, -0.25) is 0 Å². The molecule has 0 heterocycles. The van der Waals surface area contributed by atoms with Crippen molar-refractivity contribution in [2.75, 3.05) is 5.32 Å². The summed E-state index contributed by atoms with van der Waals surface area (Å²) in [6.07, 6.45) is 0. The summed E-state index contributed by atoms with van der Waals surface area (Å²) in [4.78, 5) is 11.3. The highest BCUT2D eigenvalue weighted by Gasteiger charge is 2.11. The first-order valence-corrected chi connectivity index (χ1v) is 7.86. The van der Waals surface area contributed by atoms with Crippen LogP contribution in [0.4, 0.5) is 5.69 Å². The number of carboxylic acid groups (broad SMARTS) is 1. The van der Waals surface area contributed by atoms with Gasteiger partial charge in [-0.25, -0.2) is 4.79 Å². The lowest BCUT2D eigenvalue weighted by Gasteiger charge is -2.10. The molecule has 2 N–H and O–H groups in total. The zero-order valence-corrected chi connectivity index (χ0v) is 13.5. The van der Waals surface area contributed by atoms with Gasteiger partial charge in [0, 0.05) is 12.2 Å². The Bertz CT molecular complexity index is 839. The van der Waals surface area contributed by atoms with Gasteiger partial charge in [-0.05, 0) is 47.4 Å². The lowest BCUT2D eigenvalue weighted by atomic mass is 9.96. The largest absolute Gasteiger partial charge is 0.478 e. The SMILES string of the molecule is Cc1c(C(=O)O)cccc1-c1ccc(CNc2ccccc2)cc1. The molecule has 120 valence electrons. The van der Waals surface area contributed by atoms with E-state index in [-0.39, 0.29) is 0 Å². The maximum atomic E-state index is 11.3. The molecule has 0 unspecified atom stereocenters. The number of carboxylic acids is 1. The lowest BCUT2D eigenvalue weighted by Crippen LogP contribution is -2.01. The first-order chi connectivity index (χ1) is 11.6. The van der Waals surface area contributed by atoms with Crippen LogP contribution >= 0.6 is 0 Å². The molecular formula is C21H19NO2. The molecule has 0 saturated heterocycles. The quantitative estimate of drug-likeness (QED) is 0.698. The van der Waals surface area contributed by atoms with E-state index in [1.165, 1.54) is 5.56 Å². The second-order valence-electron chi connectivity index (χ2n) is 5.70. The van der Waals surface area contributed by atoms with Crippen molar-refractivity contribution in [3.63, 3.8) is 0 Å². The molecule has 0 amide bonds. The highest BCUT2D eigenvalue weighted by molar-refractivity contribution is 5.92. The molecule has 3 rings (SSSR count). The first-order valence-electron chi connectivity index (χ1n) is 7.86. The summed E-state index contributed by atoms with van der Waals surface area (Å²) in [5.41, 5.74) is 5.39. The van der Waals surface area contributed by atoms with Crippen molar-refractivity contribution >= 4 is 11.7 Å². The Morgan fingerprint density at radius 1 is 0.917 bits per heavy atom. The molecule has 0 radical (unpaired) electrons. The third kappa shape index (κ3) is 3.46. The van der Waals surface area contributed by atoms with Crippen LogP contribution in [0.5, 0.6) is 0 Å². The van der Waals surface area contributed by atoms with E-state index in [1.807, 2.05) is 55.5 Å². The highest BCUT2D eigenvalue weighted by Crippen LogP contribution is 2.26. The fourth-order valence-corrected chi connectivity index (χ4v) is 2.74. The number of rotatable bonds is 5. The summed E-state index contributed by atoms with van der Waals surface area (Å²) in [5, 5.41) is 12.6. The van der Waals surface area contributed by atoms with E-state index in [2.05, 4.69) is 17.4 Å². The Morgan fingerprint density at radius 2 is 1.62 bits per heavy atom. The van der Waals surface area contributed by atoms with Gasteiger partial charge in [-0.2, -0.15) is 0 Å². The van der Waals surface area contributed by atoms with Gasteiger partial charge in [0.05, 0.1) is 5.56 Å². The van der Waals surface area contributed by atoms with Crippen molar-refractivity contribution in [3.8, 4) is 11.1 Å². The van der Waals surface area contributed by atoms with Gasteiger partial charge in [0.25, 0.3) is 0 Å². The lowest BCUT2D eigenvalue weighted by molar-refractivity contribution is 0.0696. The highest BCUT2D eigenvalue weighted by atomic mass is 16.4. The third-order valence-electron chi connectivity index (χ3n) is 4.10. The molecule has 3 aromatic carbocycles. The summed E-state index contributed by atoms with van der Waals surface area (Å²) in [7, 11) is 0. The van der Waals surface area contributed by atoms with Gasteiger partial charge >= 0.3 is 5.97 Å². The second-order valence-corrected chi connectivity index (χ2v) is 5.70. The van der Waals surface area contributed by atoms with Crippen molar-refractivity contribution in [1.29, 1.82) is 0 Å². The summed E-state index contributed by atoms with van der Waals surface area (Å²) in [6, 6.07) is 23.7. The number of aromatic carboxylic acids is 1. The van der Waals surface area contributed by atoms with Crippen molar-refractivity contribution in [2.45, 2.75) is 13.5 Å². The van der Waals surface area contributed by atoms with Crippen LogP contribution in [-0.4, -0.2) is 11.1 Å². The molecule has 24 heavy (non-hydrogen) atoms. The van der Waals surface area contributed by atoms with Crippen LogP contribution in [0.15, 0.2) is 72.8 Å². The standard InChI is InChI=1S/C21H19NO2/c1-15-19(8-5-9-20(15)21(23)24)17-12-10-16(11-13-17)14-22-18-6-3-2-4-7-18/h2-13,22H,14H2,1H3,(H,23,24). The van der Waals surface area contributed by atoms with Crippen LogP contribution in [0.2, 0.25) is 0 Å². The third-order valence-corrected chi connectivity index (χ3v) is 4.10. The minimum absolute atomic E-state index is 0.349. The molecular weight excluding hydrogens is 298 g/mol. The summed E-state index contributed by atoms with van der Waals surface area (Å²) in [5.74, 6) is -0.891. The Balaban J connectivity index is 1.78. The number of anilines is 1. The van der Waals surface area contributed by atoms with E-state index in [4.69, 9.17) is 0 Å². The molecule has 0 spiro atoms. The normalized spacial score (nSPS) is 10.4. The van der Waals surface area contributed by atoms with Crippen molar-refractivity contribution in [2.24, 2.45) is 0 Å². The van der Waals surface area contributed by atoms with Crippen LogP contribution in [0.25, 0.3) is 11.1 Å². The summed E-state index contributed by atoms with van der Waals surface area (Å²) in [6.45, 7) is 2.60. The predicted octanol–water partition coefficient (Wildman–Crippen LogP) is 4.97. The van der Waals surface area contributed by atoms with Crippen LogP contribution in [0, 0.1) is 6.92 Å². The maximum Gasteiger partial charge on any atom is 0.335 e. The minimum Gasteiger partial charge on any atom is -0.478 e. The molecule has 0 atom stereocenters. The monoisotopic (exact) mass is 317 g/mol. The van der Waals surface area contributed by atoms with E-state index in [9.17, 15) is 9.90 Å². The number of benzene rings is 3. The van der Waals surface area contributed by atoms with Gasteiger partial charge < -0.3 is 10.4 Å². The Labute approximate surface area is 141 Å². The molecule has 3 heteroatoms. The predicted molar refractivity (Wildman–Crippen MR) is 97.3 cm³/mol. The fraction of sp³-hybridized carbons (Fsp3) is 0.0952. The van der Waals surface area contributed by atoms with E-state index >= 15 is 0 Å². The smallest absolute Gasteiger partial charge is 0.335 e. The molecule has 0 aliphatic carbocycles. The average Bonchev–Trinajstić information content (AvgIpc) is 2.61. The van der Waals surface area contributed by atoms with Crippen LogP contribution < -0.4 is 5.32 Å². The minimum atomic E-state index is -0.891. The topological polar surface area (TPSA) is 49.3 Å². The number of nitrogens with one attached hydrogen (secondary N) is 1. The van der Waals surface area contributed by atoms with Gasteiger partial charge in [-0.1, -0.05) is 54.6 Å². The van der Waals surface area contributed by atoms with Crippen LogP contribution in [-0.2, 0) is 6.54 Å². The Hall–Kier alpha value is -3.07. The van der Waals surface area contributed by atoms with Gasteiger partial charge in [0.1, 0.15) is 0 Å². The number of hydrogen-bond donors (Lipinski definition) is 2. The molecule has 0 aliphatic heterocycles. The fourth-order valence-electron chi connectivity index (χ4n) is 2.74.